The maximum atomic E-state index is 12.9. The van der Waals surface area contributed by atoms with E-state index in [-0.39, 0.29) is 24.3 Å². The Morgan fingerprint density at radius 1 is 1.06 bits per heavy atom. The second-order valence-electron chi connectivity index (χ2n) is 8.14. The first-order valence-electron chi connectivity index (χ1n) is 10.8. The molecule has 0 saturated carbocycles. The van der Waals surface area contributed by atoms with Crippen molar-refractivity contribution in [2.45, 2.75) is 26.3 Å². The van der Waals surface area contributed by atoms with Gasteiger partial charge in [-0.1, -0.05) is 19.8 Å². The molecule has 2 aromatic carbocycles. The molecule has 8 heteroatoms. The molecule has 1 aliphatic rings. The van der Waals surface area contributed by atoms with Crippen molar-refractivity contribution in [2.75, 3.05) is 35.3 Å². The van der Waals surface area contributed by atoms with Crippen LogP contribution in [0.4, 0.5) is 21.9 Å². The van der Waals surface area contributed by atoms with Crippen LogP contribution in [0.5, 0.6) is 0 Å². The topological polar surface area (TPSA) is 99.8 Å². The van der Waals surface area contributed by atoms with Crippen molar-refractivity contribution in [3.8, 4) is 12.3 Å². The number of nitrogens with zero attached hydrogens (tertiary/aromatic N) is 1. The van der Waals surface area contributed by atoms with Gasteiger partial charge in [-0.2, -0.15) is 0 Å². The van der Waals surface area contributed by atoms with E-state index in [0.717, 1.165) is 5.69 Å². The fraction of sp³-hybridized carbons (Fsp3) is 0.320. The highest BCUT2D eigenvalue weighted by Gasteiger charge is 2.23. The van der Waals surface area contributed by atoms with Crippen LogP contribution in [0.15, 0.2) is 48.5 Å². The van der Waals surface area contributed by atoms with Gasteiger partial charge in [0.15, 0.2) is 0 Å². The standard InChI is InChI=1S/C25H28N4O4/c1-4-18-5-7-20(8-6-18)27-25(32)28-22(15-17(2)3)24(31)26-19-9-11-21(12-10-19)29-13-14-33-16-23(29)30/h1,5-12,17,22H,13-16H2,2-3H3,(H,26,31)(H2,27,28,32). The first kappa shape index (κ1) is 23.8. The number of ether oxygens (including phenoxy) is 1. The first-order valence-corrected chi connectivity index (χ1v) is 10.8. The van der Waals surface area contributed by atoms with Crippen molar-refractivity contribution in [3.63, 3.8) is 0 Å². The monoisotopic (exact) mass is 448 g/mol. The van der Waals surface area contributed by atoms with E-state index in [1.165, 1.54) is 0 Å². The smallest absolute Gasteiger partial charge is 0.319 e. The van der Waals surface area contributed by atoms with Crippen LogP contribution >= 0.6 is 0 Å². The second-order valence-corrected chi connectivity index (χ2v) is 8.14. The van der Waals surface area contributed by atoms with E-state index in [1.807, 2.05) is 13.8 Å². The van der Waals surface area contributed by atoms with Crippen LogP contribution < -0.4 is 20.9 Å². The molecule has 3 rings (SSSR count). The molecule has 1 unspecified atom stereocenters. The highest BCUT2D eigenvalue weighted by Crippen LogP contribution is 2.20. The van der Waals surface area contributed by atoms with E-state index in [4.69, 9.17) is 11.2 Å². The van der Waals surface area contributed by atoms with Crippen molar-refractivity contribution in [1.82, 2.24) is 5.32 Å². The third-order valence-corrected chi connectivity index (χ3v) is 5.07. The molecular weight excluding hydrogens is 420 g/mol. The lowest BCUT2D eigenvalue weighted by Gasteiger charge is -2.27. The average molecular weight is 449 g/mol. The summed E-state index contributed by atoms with van der Waals surface area (Å²) in [5.74, 6) is 2.28. The van der Waals surface area contributed by atoms with Gasteiger partial charge in [0.2, 0.25) is 5.91 Å². The molecule has 1 atom stereocenters. The molecule has 1 aliphatic heterocycles. The highest BCUT2D eigenvalue weighted by atomic mass is 16.5. The summed E-state index contributed by atoms with van der Waals surface area (Å²) in [7, 11) is 0. The predicted octanol–water partition coefficient (Wildman–Crippen LogP) is 3.21. The Morgan fingerprint density at radius 2 is 1.70 bits per heavy atom. The maximum Gasteiger partial charge on any atom is 0.319 e. The van der Waals surface area contributed by atoms with E-state index in [0.29, 0.717) is 36.5 Å². The minimum absolute atomic E-state index is 0.0666. The quantitative estimate of drug-likeness (QED) is 0.567. The van der Waals surface area contributed by atoms with Crippen molar-refractivity contribution in [2.24, 2.45) is 5.92 Å². The number of nitrogens with one attached hydrogen (secondary N) is 3. The maximum absolute atomic E-state index is 12.9. The normalized spacial score (nSPS) is 14.4. The molecular formula is C25H28N4O4. The summed E-state index contributed by atoms with van der Waals surface area (Å²) in [4.78, 5) is 39.0. The first-order chi connectivity index (χ1) is 15.9. The number of carbonyl (C=O) groups excluding carboxylic acids is 3. The molecule has 0 radical (unpaired) electrons. The molecule has 0 bridgehead atoms. The van der Waals surface area contributed by atoms with Gasteiger partial charge in [0.1, 0.15) is 12.6 Å². The lowest BCUT2D eigenvalue weighted by molar-refractivity contribution is -0.125. The van der Waals surface area contributed by atoms with Gasteiger partial charge in [-0.05, 0) is 60.9 Å². The summed E-state index contributed by atoms with van der Waals surface area (Å²) in [5.41, 5.74) is 2.60. The van der Waals surface area contributed by atoms with Crippen LogP contribution in [-0.4, -0.2) is 43.6 Å². The van der Waals surface area contributed by atoms with Crippen LogP contribution in [0.25, 0.3) is 0 Å². The summed E-state index contributed by atoms with van der Waals surface area (Å²) in [6.45, 7) is 5.00. The largest absolute Gasteiger partial charge is 0.370 e. The molecule has 0 aromatic heterocycles. The van der Waals surface area contributed by atoms with Crippen LogP contribution in [0.2, 0.25) is 0 Å². The Morgan fingerprint density at radius 3 is 2.30 bits per heavy atom. The van der Waals surface area contributed by atoms with Crippen molar-refractivity contribution in [1.29, 1.82) is 0 Å². The summed E-state index contributed by atoms with van der Waals surface area (Å²) >= 11 is 0. The molecule has 33 heavy (non-hydrogen) atoms. The zero-order chi connectivity index (χ0) is 23.8. The lowest BCUT2D eigenvalue weighted by atomic mass is 10.0. The van der Waals surface area contributed by atoms with E-state index < -0.39 is 12.1 Å². The molecule has 1 heterocycles. The Bertz CT molecular complexity index is 1030. The minimum Gasteiger partial charge on any atom is -0.370 e. The van der Waals surface area contributed by atoms with Gasteiger partial charge >= 0.3 is 6.03 Å². The Kier molecular flexibility index (Phi) is 8.06. The molecule has 4 amide bonds. The minimum atomic E-state index is -0.726. The Balaban J connectivity index is 1.61. The fourth-order valence-corrected chi connectivity index (χ4v) is 3.42. The second kappa shape index (κ2) is 11.2. The number of urea groups is 1. The molecule has 1 fully saturated rings. The van der Waals surface area contributed by atoms with Crippen molar-refractivity contribution in [3.05, 3.63) is 54.1 Å². The summed E-state index contributed by atoms with van der Waals surface area (Å²) in [6.07, 6.45) is 5.81. The number of morpholine rings is 1. The van der Waals surface area contributed by atoms with Gasteiger partial charge in [-0.15, -0.1) is 6.42 Å². The fourth-order valence-electron chi connectivity index (χ4n) is 3.42. The van der Waals surface area contributed by atoms with Crippen LogP contribution in [0, 0.1) is 18.3 Å². The number of terminal acetylenes is 1. The molecule has 0 aliphatic carbocycles. The number of carbonyl (C=O) groups is 3. The van der Waals surface area contributed by atoms with Gasteiger partial charge in [0.05, 0.1) is 6.61 Å². The summed E-state index contributed by atoms with van der Waals surface area (Å²) < 4.78 is 5.15. The number of rotatable bonds is 7. The average Bonchev–Trinajstić information content (AvgIpc) is 2.80. The number of hydrogen-bond donors (Lipinski definition) is 3. The van der Waals surface area contributed by atoms with Gasteiger partial charge in [0, 0.05) is 29.2 Å². The van der Waals surface area contributed by atoms with Gasteiger partial charge in [-0.3, -0.25) is 9.59 Å². The number of amides is 4. The Hall–Kier alpha value is -3.83. The molecule has 3 N–H and O–H groups in total. The van der Waals surface area contributed by atoms with Crippen LogP contribution in [0.3, 0.4) is 0 Å². The third-order valence-electron chi connectivity index (χ3n) is 5.07. The molecule has 0 spiro atoms. The predicted molar refractivity (Wildman–Crippen MR) is 128 cm³/mol. The molecule has 2 aromatic rings. The van der Waals surface area contributed by atoms with Gasteiger partial charge < -0.3 is 25.6 Å². The summed E-state index contributed by atoms with van der Waals surface area (Å²) in [5, 5.41) is 8.30. The number of hydrogen-bond acceptors (Lipinski definition) is 4. The van der Waals surface area contributed by atoms with Crippen LogP contribution in [0.1, 0.15) is 25.8 Å². The van der Waals surface area contributed by atoms with Gasteiger partial charge in [-0.25, -0.2) is 4.79 Å². The lowest BCUT2D eigenvalue weighted by Crippen LogP contribution is -2.46. The zero-order valence-electron chi connectivity index (χ0n) is 18.8. The molecule has 1 saturated heterocycles. The SMILES string of the molecule is C#Cc1ccc(NC(=O)NC(CC(C)C)C(=O)Nc2ccc(N3CCOCC3=O)cc2)cc1. The molecule has 8 nitrogen and oxygen atoms in total. The Labute approximate surface area is 193 Å². The highest BCUT2D eigenvalue weighted by molar-refractivity contribution is 5.99. The van der Waals surface area contributed by atoms with E-state index in [9.17, 15) is 14.4 Å². The summed E-state index contributed by atoms with van der Waals surface area (Å²) in [6, 6.07) is 12.7. The third kappa shape index (κ3) is 6.82. The van der Waals surface area contributed by atoms with Crippen molar-refractivity contribution < 1.29 is 19.1 Å². The van der Waals surface area contributed by atoms with Crippen molar-refractivity contribution >= 4 is 34.9 Å². The van der Waals surface area contributed by atoms with Gasteiger partial charge in [0.25, 0.3) is 5.91 Å². The van der Waals surface area contributed by atoms with Crippen LogP contribution in [-0.2, 0) is 14.3 Å². The number of benzene rings is 2. The van der Waals surface area contributed by atoms with E-state index in [2.05, 4.69) is 21.9 Å². The number of anilines is 3. The van der Waals surface area contributed by atoms with E-state index >= 15 is 0 Å². The molecule has 172 valence electrons. The van der Waals surface area contributed by atoms with E-state index in [1.54, 1.807) is 53.4 Å². The zero-order valence-corrected chi connectivity index (χ0v) is 18.8.